The number of aromatic nitrogens is 1. The first-order chi connectivity index (χ1) is 10.1. The summed E-state index contributed by atoms with van der Waals surface area (Å²) in [7, 11) is 0. The summed E-state index contributed by atoms with van der Waals surface area (Å²) in [5, 5.41) is 7.17. The number of aromatic amines is 1. The normalized spacial score (nSPS) is 10.6. The van der Waals surface area contributed by atoms with E-state index in [0.29, 0.717) is 10.7 Å². The molecule has 0 aliphatic heterocycles. The Hall–Kier alpha value is -2.46. The summed E-state index contributed by atoms with van der Waals surface area (Å²) in [5.41, 5.74) is 3.45. The van der Waals surface area contributed by atoms with E-state index < -0.39 is 0 Å². The number of carbonyl (C=O) groups is 1. The van der Waals surface area contributed by atoms with Crippen LogP contribution in [0.2, 0.25) is 5.02 Å². The molecule has 4 nitrogen and oxygen atoms in total. The zero-order valence-electron chi connectivity index (χ0n) is 11.4. The first kappa shape index (κ1) is 13.5. The van der Waals surface area contributed by atoms with Crippen LogP contribution in [-0.2, 0) is 0 Å². The summed E-state index contributed by atoms with van der Waals surface area (Å²) < 4.78 is 0. The molecule has 3 rings (SSSR count). The highest BCUT2D eigenvalue weighted by molar-refractivity contribution is 6.30. The van der Waals surface area contributed by atoms with Gasteiger partial charge >= 0.3 is 6.03 Å². The maximum absolute atomic E-state index is 12.1. The molecule has 0 aliphatic carbocycles. The van der Waals surface area contributed by atoms with Crippen molar-refractivity contribution in [3.8, 4) is 0 Å². The molecule has 0 unspecified atom stereocenters. The second-order valence-corrected chi connectivity index (χ2v) is 5.25. The van der Waals surface area contributed by atoms with E-state index in [1.54, 1.807) is 24.3 Å². The number of carbonyl (C=O) groups excluding carboxylic acids is 1. The van der Waals surface area contributed by atoms with Gasteiger partial charge in [0.25, 0.3) is 0 Å². The molecule has 0 fully saturated rings. The minimum absolute atomic E-state index is 0.302. The van der Waals surface area contributed by atoms with Crippen LogP contribution in [-0.4, -0.2) is 11.0 Å². The van der Waals surface area contributed by atoms with Crippen LogP contribution < -0.4 is 10.6 Å². The number of fused-ring (bicyclic) bond motifs is 1. The molecule has 106 valence electrons. The van der Waals surface area contributed by atoms with Gasteiger partial charge in [-0.05, 0) is 43.3 Å². The van der Waals surface area contributed by atoms with Gasteiger partial charge in [0.05, 0.1) is 5.69 Å². The Balaban J connectivity index is 1.80. The van der Waals surface area contributed by atoms with Crippen molar-refractivity contribution in [3.05, 3.63) is 59.2 Å². The van der Waals surface area contributed by atoms with Crippen LogP contribution >= 0.6 is 11.6 Å². The van der Waals surface area contributed by atoms with Crippen molar-refractivity contribution in [3.63, 3.8) is 0 Å². The van der Waals surface area contributed by atoms with Gasteiger partial charge in [-0.2, -0.15) is 0 Å². The van der Waals surface area contributed by atoms with Gasteiger partial charge in [-0.15, -0.1) is 0 Å². The third-order valence-electron chi connectivity index (χ3n) is 3.13. The van der Waals surface area contributed by atoms with E-state index in [2.05, 4.69) is 15.6 Å². The van der Waals surface area contributed by atoms with Crippen molar-refractivity contribution >= 4 is 39.9 Å². The van der Waals surface area contributed by atoms with Gasteiger partial charge in [-0.3, -0.25) is 0 Å². The zero-order valence-corrected chi connectivity index (χ0v) is 12.2. The second kappa shape index (κ2) is 5.50. The summed E-state index contributed by atoms with van der Waals surface area (Å²) in [5.74, 6) is 0. The van der Waals surface area contributed by atoms with Crippen LogP contribution in [0.5, 0.6) is 0 Å². The van der Waals surface area contributed by atoms with Crippen molar-refractivity contribution < 1.29 is 4.79 Å². The third kappa shape index (κ3) is 3.01. The predicted molar refractivity (Wildman–Crippen MR) is 87.1 cm³/mol. The van der Waals surface area contributed by atoms with Crippen LogP contribution in [0.1, 0.15) is 5.69 Å². The molecule has 21 heavy (non-hydrogen) atoms. The van der Waals surface area contributed by atoms with Gasteiger partial charge in [0.15, 0.2) is 0 Å². The lowest BCUT2D eigenvalue weighted by Crippen LogP contribution is -2.19. The summed E-state index contributed by atoms with van der Waals surface area (Å²) in [4.78, 5) is 15.3. The van der Waals surface area contributed by atoms with E-state index in [1.807, 2.05) is 31.2 Å². The first-order valence-corrected chi connectivity index (χ1v) is 6.91. The second-order valence-electron chi connectivity index (χ2n) is 4.81. The highest BCUT2D eigenvalue weighted by Gasteiger charge is 2.07. The standard InChI is InChI=1S/C16H14ClN3O/c1-10-8-13-14(18-10)6-3-7-15(13)20-16(21)19-12-5-2-4-11(17)9-12/h2-9,18H,1H3,(H2,19,20,21). The van der Waals surface area contributed by atoms with Gasteiger partial charge in [-0.25, -0.2) is 4.79 Å². The molecule has 1 heterocycles. The molecule has 3 N–H and O–H groups in total. The molecule has 0 radical (unpaired) electrons. The molecular weight excluding hydrogens is 286 g/mol. The lowest BCUT2D eigenvalue weighted by Gasteiger charge is -2.08. The maximum atomic E-state index is 12.1. The minimum atomic E-state index is -0.302. The molecule has 0 aliphatic rings. The number of anilines is 2. The number of nitrogens with one attached hydrogen (secondary N) is 3. The van der Waals surface area contributed by atoms with Gasteiger partial charge < -0.3 is 15.6 Å². The highest BCUT2D eigenvalue weighted by Crippen LogP contribution is 2.24. The summed E-state index contributed by atoms with van der Waals surface area (Å²) >= 11 is 5.89. The number of amides is 2. The SMILES string of the molecule is Cc1cc2c(NC(=O)Nc3cccc(Cl)c3)cccc2[nH]1. The maximum Gasteiger partial charge on any atom is 0.323 e. The van der Waals surface area contributed by atoms with Gasteiger partial charge in [0, 0.05) is 27.3 Å². The summed E-state index contributed by atoms with van der Waals surface area (Å²) in [6, 6.07) is 14.5. The molecule has 0 spiro atoms. The molecule has 0 saturated heterocycles. The Morgan fingerprint density at radius 2 is 1.90 bits per heavy atom. The van der Waals surface area contributed by atoms with E-state index in [-0.39, 0.29) is 6.03 Å². The van der Waals surface area contributed by atoms with Crippen molar-refractivity contribution in [1.29, 1.82) is 0 Å². The Labute approximate surface area is 127 Å². The average molecular weight is 300 g/mol. The van der Waals surface area contributed by atoms with E-state index >= 15 is 0 Å². The average Bonchev–Trinajstić information content (AvgIpc) is 2.80. The zero-order chi connectivity index (χ0) is 14.8. The first-order valence-electron chi connectivity index (χ1n) is 6.54. The van der Waals surface area contributed by atoms with Crippen LogP contribution in [0.3, 0.4) is 0 Å². The van der Waals surface area contributed by atoms with E-state index in [1.165, 1.54) is 0 Å². The van der Waals surface area contributed by atoms with Crippen LogP contribution in [0.15, 0.2) is 48.5 Å². The number of aryl methyl sites for hydroxylation is 1. The topological polar surface area (TPSA) is 56.9 Å². The molecule has 5 heteroatoms. The minimum Gasteiger partial charge on any atom is -0.359 e. The molecule has 0 bridgehead atoms. The third-order valence-corrected chi connectivity index (χ3v) is 3.36. The number of benzene rings is 2. The number of halogens is 1. The Morgan fingerprint density at radius 1 is 1.10 bits per heavy atom. The fraction of sp³-hybridized carbons (Fsp3) is 0.0625. The smallest absolute Gasteiger partial charge is 0.323 e. The van der Waals surface area contributed by atoms with Crippen molar-refractivity contribution in [2.45, 2.75) is 6.92 Å². The molecule has 2 amide bonds. The lowest BCUT2D eigenvalue weighted by molar-refractivity contribution is 0.262. The van der Waals surface area contributed by atoms with Gasteiger partial charge in [0.2, 0.25) is 0 Å². The highest BCUT2D eigenvalue weighted by atomic mass is 35.5. The van der Waals surface area contributed by atoms with Crippen LogP contribution in [0, 0.1) is 6.92 Å². The largest absolute Gasteiger partial charge is 0.359 e. The van der Waals surface area contributed by atoms with Crippen molar-refractivity contribution in [2.24, 2.45) is 0 Å². The number of H-pyrrole nitrogens is 1. The molecule has 2 aromatic carbocycles. The van der Waals surface area contributed by atoms with E-state index in [9.17, 15) is 4.79 Å². The van der Waals surface area contributed by atoms with Gasteiger partial charge in [0.1, 0.15) is 0 Å². The molecule has 1 aromatic heterocycles. The molecule has 0 atom stereocenters. The Bertz CT molecular complexity index is 810. The molecule has 3 aromatic rings. The van der Waals surface area contributed by atoms with E-state index in [4.69, 9.17) is 11.6 Å². The summed E-state index contributed by atoms with van der Waals surface area (Å²) in [6.45, 7) is 1.98. The number of rotatable bonds is 2. The van der Waals surface area contributed by atoms with Crippen molar-refractivity contribution in [2.75, 3.05) is 10.6 Å². The fourth-order valence-corrected chi connectivity index (χ4v) is 2.44. The van der Waals surface area contributed by atoms with Crippen LogP contribution in [0.4, 0.5) is 16.2 Å². The quantitative estimate of drug-likeness (QED) is 0.627. The molecular formula is C16H14ClN3O. The number of hydrogen-bond donors (Lipinski definition) is 3. The molecule has 0 saturated carbocycles. The monoisotopic (exact) mass is 299 g/mol. The van der Waals surface area contributed by atoms with Crippen LogP contribution in [0.25, 0.3) is 10.9 Å². The number of urea groups is 1. The lowest BCUT2D eigenvalue weighted by atomic mass is 10.2. The Morgan fingerprint density at radius 3 is 2.71 bits per heavy atom. The van der Waals surface area contributed by atoms with Gasteiger partial charge in [-0.1, -0.05) is 23.7 Å². The Kier molecular flexibility index (Phi) is 3.54. The van der Waals surface area contributed by atoms with E-state index in [0.717, 1.165) is 22.3 Å². The predicted octanol–water partition coefficient (Wildman–Crippen LogP) is 4.77. The summed E-state index contributed by atoms with van der Waals surface area (Å²) in [6.07, 6.45) is 0. The van der Waals surface area contributed by atoms with Crippen molar-refractivity contribution in [1.82, 2.24) is 4.98 Å². The fourth-order valence-electron chi connectivity index (χ4n) is 2.25. The number of hydrogen-bond acceptors (Lipinski definition) is 1.